The molecule has 136 valence electrons. The Morgan fingerprint density at radius 1 is 1.27 bits per heavy atom. The van der Waals surface area contributed by atoms with E-state index in [2.05, 4.69) is 20.8 Å². The van der Waals surface area contributed by atoms with Crippen LogP contribution in [-0.2, 0) is 0 Å². The maximum Gasteiger partial charge on any atom is 0.321 e. The first kappa shape index (κ1) is 16.4. The molecule has 1 aliphatic carbocycles. The highest BCUT2D eigenvalue weighted by Crippen LogP contribution is 2.25. The predicted octanol–water partition coefficient (Wildman–Crippen LogP) is 1.67. The molecule has 2 aliphatic rings. The number of nitrogens with zero attached hydrogens (tertiary/aromatic N) is 2. The van der Waals surface area contributed by atoms with Crippen molar-refractivity contribution in [2.75, 3.05) is 18.0 Å². The number of hydrogen-bond acceptors (Lipinski definition) is 4. The summed E-state index contributed by atoms with van der Waals surface area (Å²) >= 11 is 0. The molecule has 8 heteroatoms. The van der Waals surface area contributed by atoms with Gasteiger partial charge in [-0.15, -0.1) is 0 Å². The van der Waals surface area contributed by atoms with Gasteiger partial charge in [-0.1, -0.05) is 0 Å². The molecular formula is C18H21N5O3. The van der Waals surface area contributed by atoms with E-state index in [1.165, 1.54) is 0 Å². The van der Waals surface area contributed by atoms with Gasteiger partial charge >= 0.3 is 6.03 Å². The van der Waals surface area contributed by atoms with E-state index in [0.717, 1.165) is 24.9 Å². The molecular weight excluding hydrogens is 334 g/mol. The van der Waals surface area contributed by atoms with Crippen LogP contribution in [0.1, 0.15) is 29.6 Å². The van der Waals surface area contributed by atoms with Gasteiger partial charge in [-0.05, 0) is 43.5 Å². The fraction of sp³-hybridized carbons (Fsp3) is 0.389. The van der Waals surface area contributed by atoms with E-state index in [1.807, 2.05) is 0 Å². The zero-order chi connectivity index (χ0) is 17.9. The van der Waals surface area contributed by atoms with Gasteiger partial charge in [0.05, 0.1) is 18.4 Å². The van der Waals surface area contributed by atoms with Crippen molar-refractivity contribution >= 4 is 17.6 Å². The first-order chi connectivity index (χ1) is 12.7. The number of amides is 3. The summed E-state index contributed by atoms with van der Waals surface area (Å²) in [5, 5.41) is 12.4. The molecule has 0 unspecified atom stereocenters. The fourth-order valence-electron chi connectivity index (χ4n) is 3.47. The standard InChI is InChI=1S/C18H21N5O3/c24-17(12-4-6-13(7-5-12)23-9-8-19-18(23)25)22-15-2-1-3-16(15)26-14-10-20-21-11-14/h4-7,10-11,15-16H,1-3,8-9H2,(H,19,25)(H,20,21)(H,22,24)/t15-,16+/m0/s1. The summed E-state index contributed by atoms with van der Waals surface area (Å²) in [4.78, 5) is 25.9. The molecule has 2 aromatic rings. The second kappa shape index (κ2) is 7.07. The van der Waals surface area contributed by atoms with E-state index in [0.29, 0.717) is 24.4 Å². The largest absolute Gasteiger partial charge is 0.485 e. The normalized spacial score (nSPS) is 22.3. The third-order valence-electron chi connectivity index (χ3n) is 4.83. The lowest BCUT2D eigenvalue weighted by Gasteiger charge is -2.21. The molecule has 2 heterocycles. The molecule has 1 aromatic heterocycles. The van der Waals surface area contributed by atoms with Gasteiger partial charge in [0.15, 0.2) is 5.75 Å². The number of benzene rings is 1. The Hall–Kier alpha value is -3.03. The average molecular weight is 355 g/mol. The highest BCUT2D eigenvalue weighted by molar-refractivity contribution is 5.97. The van der Waals surface area contributed by atoms with Gasteiger partial charge in [-0.3, -0.25) is 14.8 Å². The van der Waals surface area contributed by atoms with Crippen molar-refractivity contribution < 1.29 is 14.3 Å². The maximum absolute atomic E-state index is 12.6. The van der Waals surface area contributed by atoms with Gasteiger partial charge < -0.3 is 15.4 Å². The first-order valence-electron chi connectivity index (χ1n) is 8.82. The molecule has 2 atom stereocenters. The average Bonchev–Trinajstić information content (AvgIpc) is 3.39. The number of carbonyl (C=O) groups excluding carboxylic acids is 2. The van der Waals surface area contributed by atoms with E-state index in [-0.39, 0.29) is 24.1 Å². The topological polar surface area (TPSA) is 99.3 Å². The Labute approximate surface area is 150 Å². The number of anilines is 1. The van der Waals surface area contributed by atoms with Crippen molar-refractivity contribution in [2.45, 2.75) is 31.4 Å². The van der Waals surface area contributed by atoms with E-state index >= 15 is 0 Å². The Kier molecular flexibility index (Phi) is 4.47. The van der Waals surface area contributed by atoms with Gasteiger partial charge in [-0.2, -0.15) is 5.10 Å². The van der Waals surface area contributed by atoms with Crippen LogP contribution in [0.15, 0.2) is 36.7 Å². The van der Waals surface area contributed by atoms with E-state index in [1.54, 1.807) is 41.6 Å². The first-order valence-corrected chi connectivity index (χ1v) is 8.82. The fourth-order valence-corrected chi connectivity index (χ4v) is 3.47. The summed E-state index contributed by atoms with van der Waals surface area (Å²) in [6, 6.07) is 6.96. The second-order valence-corrected chi connectivity index (χ2v) is 6.53. The van der Waals surface area contributed by atoms with Gasteiger partial charge in [0.25, 0.3) is 5.91 Å². The summed E-state index contributed by atoms with van der Waals surface area (Å²) in [6.07, 6.45) is 6.08. The number of aromatic amines is 1. The minimum absolute atomic E-state index is 0.0264. The number of rotatable bonds is 5. The van der Waals surface area contributed by atoms with Crippen molar-refractivity contribution in [3.8, 4) is 5.75 Å². The van der Waals surface area contributed by atoms with Gasteiger partial charge in [0, 0.05) is 24.3 Å². The molecule has 26 heavy (non-hydrogen) atoms. The smallest absolute Gasteiger partial charge is 0.321 e. The molecule has 2 fully saturated rings. The Balaban J connectivity index is 1.38. The molecule has 8 nitrogen and oxygen atoms in total. The van der Waals surface area contributed by atoms with Crippen molar-refractivity contribution in [1.29, 1.82) is 0 Å². The summed E-state index contributed by atoms with van der Waals surface area (Å²) in [5.41, 5.74) is 1.36. The summed E-state index contributed by atoms with van der Waals surface area (Å²) in [6.45, 7) is 1.28. The van der Waals surface area contributed by atoms with Crippen molar-refractivity contribution in [1.82, 2.24) is 20.8 Å². The van der Waals surface area contributed by atoms with Crippen LogP contribution in [0, 0.1) is 0 Å². The number of urea groups is 1. The SMILES string of the molecule is O=C(N[C@H]1CCC[C@H]1Oc1cn[nH]c1)c1ccc(N2CCNC2=O)cc1. The number of aromatic nitrogens is 2. The van der Waals surface area contributed by atoms with E-state index < -0.39 is 0 Å². The maximum atomic E-state index is 12.6. The van der Waals surface area contributed by atoms with Crippen molar-refractivity contribution in [3.05, 3.63) is 42.2 Å². The number of hydrogen-bond donors (Lipinski definition) is 3. The van der Waals surface area contributed by atoms with E-state index in [4.69, 9.17) is 4.74 Å². The minimum Gasteiger partial charge on any atom is -0.485 e. The molecule has 1 aromatic carbocycles. The molecule has 0 bridgehead atoms. The Morgan fingerprint density at radius 2 is 2.12 bits per heavy atom. The van der Waals surface area contributed by atoms with Crippen LogP contribution in [0.4, 0.5) is 10.5 Å². The van der Waals surface area contributed by atoms with Crippen LogP contribution in [0.3, 0.4) is 0 Å². The lowest BCUT2D eigenvalue weighted by atomic mass is 10.1. The number of nitrogens with one attached hydrogen (secondary N) is 3. The van der Waals surface area contributed by atoms with Crippen LogP contribution >= 0.6 is 0 Å². The highest BCUT2D eigenvalue weighted by atomic mass is 16.5. The van der Waals surface area contributed by atoms with Crippen molar-refractivity contribution in [2.24, 2.45) is 0 Å². The molecule has 0 spiro atoms. The third-order valence-corrected chi connectivity index (χ3v) is 4.83. The van der Waals surface area contributed by atoms with Crippen LogP contribution in [0.25, 0.3) is 0 Å². The van der Waals surface area contributed by atoms with Gasteiger partial charge in [0.2, 0.25) is 0 Å². The van der Waals surface area contributed by atoms with E-state index in [9.17, 15) is 9.59 Å². The highest BCUT2D eigenvalue weighted by Gasteiger charge is 2.31. The Morgan fingerprint density at radius 3 is 2.81 bits per heavy atom. The molecule has 3 amide bonds. The summed E-state index contributed by atoms with van der Waals surface area (Å²) in [5.74, 6) is 0.555. The number of ether oxygens (including phenoxy) is 1. The zero-order valence-electron chi connectivity index (χ0n) is 14.3. The predicted molar refractivity (Wildman–Crippen MR) is 95.3 cm³/mol. The molecule has 0 radical (unpaired) electrons. The van der Waals surface area contributed by atoms with Crippen LogP contribution in [0.2, 0.25) is 0 Å². The van der Waals surface area contributed by atoms with Crippen molar-refractivity contribution in [3.63, 3.8) is 0 Å². The summed E-state index contributed by atoms with van der Waals surface area (Å²) < 4.78 is 5.90. The summed E-state index contributed by atoms with van der Waals surface area (Å²) in [7, 11) is 0. The minimum atomic E-state index is -0.130. The van der Waals surface area contributed by atoms with Crippen LogP contribution in [0.5, 0.6) is 5.75 Å². The molecule has 1 saturated heterocycles. The quantitative estimate of drug-likeness (QED) is 0.760. The monoisotopic (exact) mass is 355 g/mol. The number of carbonyl (C=O) groups is 2. The molecule has 1 saturated carbocycles. The third kappa shape index (κ3) is 3.35. The van der Waals surface area contributed by atoms with Gasteiger partial charge in [0.1, 0.15) is 6.10 Å². The van der Waals surface area contributed by atoms with Crippen LogP contribution in [-0.4, -0.2) is 47.4 Å². The lowest BCUT2D eigenvalue weighted by Crippen LogP contribution is -2.42. The van der Waals surface area contributed by atoms with Gasteiger partial charge in [-0.25, -0.2) is 4.79 Å². The second-order valence-electron chi connectivity index (χ2n) is 6.53. The molecule has 4 rings (SSSR count). The Bertz CT molecular complexity index is 775. The molecule has 3 N–H and O–H groups in total. The lowest BCUT2D eigenvalue weighted by molar-refractivity contribution is 0.0894. The zero-order valence-corrected chi connectivity index (χ0v) is 14.3. The van der Waals surface area contributed by atoms with Crippen LogP contribution < -0.4 is 20.3 Å². The number of H-pyrrole nitrogens is 1. The molecule has 1 aliphatic heterocycles.